The van der Waals surface area contributed by atoms with E-state index in [2.05, 4.69) is 56.9 Å². The van der Waals surface area contributed by atoms with Crippen LogP contribution in [-0.2, 0) is 6.42 Å². The van der Waals surface area contributed by atoms with Gasteiger partial charge in [0.25, 0.3) is 0 Å². The molecule has 3 nitrogen and oxygen atoms in total. The number of nitrogens with one attached hydrogen (secondary N) is 1. The van der Waals surface area contributed by atoms with E-state index < -0.39 is 0 Å². The molecule has 0 amide bonds. The predicted molar refractivity (Wildman–Crippen MR) is 82.5 cm³/mol. The lowest BCUT2D eigenvalue weighted by Crippen LogP contribution is -2.25. The van der Waals surface area contributed by atoms with Crippen molar-refractivity contribution in [1.29, 1.82) is 0 Å². The summed E-state index contributed by atoms with van der Waals surface area (Å²) in [6, 6.07) is 3.33. The quantitative estimate of drug-likeness (QED) is 0.736. The maximum absolute atomic E-state index is 4.73. The molecule has 1 aromatic rings. The molecular formula is C16H31N3. The first-order valence-corrected chi connectivity index (χ1v) is 7.84. The van der Waals surface area contributed by atoms with Crippen molar-refractivity contribution in [2.75, 3.05) is 6.54 Å². The minimum atomic E-state index is 0.562. The smallest absolute Gasteiger partial charge is 0.0627 e. The van der Waals surface area contributed by atoms with Crippen molar-refractivity contribution < 1.29 is 0 Å². The van der Waals surface area contributed by atoms with Gasteiger partial charge in [-0.25, -0.2) is 0 Å². The van der Waals surface area contributed by atoms with Gasteiger partial charge in [0.15, 0.2) is 0 Å². The summed E-state index contributed by atoms with van der Waals surface area (Å²) in [5.74, 6) is 0.691. The van der Waals surface area contributed by atoms with Gasteiger partial charge in [-0.2, -0.15) is 5.10 Å². The molecule has 1 unspecified atom stereocenters. The number of hydrogen-bond donors (Lipinski definition) is 1. The van der Waals surface area contributed by atoms with Crippen LogP contribution in [0.25, 0.3) is 0 Å². The Hall–Kier alpha value is -0.830. The molecule has 0 bridgehead atoms. The van der Waals surface area contributed by atoms with Crippen LogP contribution in [0.3, 0.4) is 0 Å². The first kappa shape index (κ1) is 16.2. The second-order valence-electron chi connectivity index (χ2n) is 5.96. The van der Waals surface area contributed by atoms with Gasteiger partial charge in [0.2, 0.25) is 0 Å². The van der Waals surface area contributed by atoms with Crippen molar-refractivity contribution in [2.45, 2.75) is 72.4 Å². The average molecular weight is 265 g/mol. The molecule has 1 aromatic heterocycles. The minimum absolute atomic E-state index is 0.562. The third-order valence-corrected chi connectivity index (χ3v) is 3.73. The Morgan fingerprint density at radius 3 is 2.47 bits per heavy atom. The molecular weight excluding hydrogens is 234 g/mol. The number of hydrogen-bond acceptors (Lipinski definition) is 2. The molecule has 0 spiro atoms. The van der Waals surface area contributed by atoms with Crippen LogP contribution in [-0.4, -0.2) is 22.4 Å². The van der Waals surface area contributed by atoms with E-state index in [-0.39, 0.29) is 0 Å². The van der Waals surface area contributed by atoms with Crippen molar-refractivity contribution in [3.63, 3.8) is 0 Å². The first-order chi connectivity index (χ1) is 9.06. The van der Waals surface area contributed by atoms with Crippen LogP contribution in [0.1, 0.15) is 65.6 Å². The molecule has 1 atom stereocenters. The van der Waals surface area contributed by atoms with E-state index in [1.807, 2.05) is 0 Å². The zero-order valence-corrected chi connectivity index (χ0v) is 13.3. The molecule has 19 heavy (non-hydrogen) atoms. The topological polar surface area (TPSA) is 29.9 Å². The normalized spacial score (nSPS) is 13.4. The van der Waals surface area contributed by atoms with E-state index in [4.69, 9.17) is 5.10 Å². The van der Waals surface area contributed by atoms with Crippen LogP contribution in [0.5, 0.6) is 0 Å². The van der Waals surface area contributed by atoms with Crippen LogP contribution in [0.2, 0.25) is 0 Å². The Morgan fingerprint density at radius 1 is 1.21 bits per heavy atom. The summed E-state index contributed by atoms with van der Waals surface area (Å²) in [5, 5.41) is 8.21. The van der Waals surface area contributed by atoms with Gasteiger partial charge < -0.3 is 5.32 Å². The standard InChI is InChI=1S/C16H31N3/c1-6-16(7-2)19-11-9-15(18-19)12-14(5)8-10-17-13(3)4/h9,11,13-14,16-17H,6-8,10,12H2,1-5H3. The van der Waals surface area contributed by atoms with Crippen LogP contribution in [0.4, 0.5) is 0 Å². The summed E-state index contributed by atoms with van der Waals surface area (Å²) in [6.45, 7) is 12.3. The monoisotopic (exact) mass is 265 g/mol. The molecule has 0 fully saturated rings. The fraction of sp³-hybridized carbons (Fsp3) is 0.812. The lowest BCUT2D eigenvalue weighted by atomic mass is 10.0. The van der Waals surface area contributed by atoms with Crippen LogP contribution < -0.4 is 5.32 Å². The molecule has 1 N–H and O–H groups in total. The van der Waals surface area contributed by atoms with Crippen LogP contribution in [0, 0.1) is 5.92 Å². The minimum Gasteiger partial charge on any atom is -0.315 e. The zero-order chi connectivity index (χ0) is 14.3. The van der Waals surface area contributed by atoms with Gasteiger partial charge in [0.05, 0.1) is 11.7 Å². The third-order valence-electron chi connectivity index (χ3n) is 3.73. The van der Waals surface area contributed by atoms with Crippen molar-refractivity contribution >= 4 is 0 Å². The molecule has 0 aliphatic heterocycles. The summed E-state index contributed by atoms with van der Waals surface area (Å²) in [6.07, 6.45) is 6.77. The van der Waals surface area contributed by atoms with E-state index in [9.17, 15) is 0 Å². The van der Waals surface area contributed by atoms with E-state index in [0.29, 0.717) is 18.0 Å². The van der Waals surface area contributed by atoms with Gasteiger partial charge in [-0.05, 0) is 44.2 Å². The van der Waals surface area contributed by atoms with Crippen molar-refractivity contribution in [2.24, 2.45) is 5.92 Å². The number of rotatable bonds is 9. The molecule has 0 saturated carbocycles. The Balaban J connectivity index is 2.40. The predicted octanol–water partition coefficient (Wildman–Crippen LogP) is 3.81. The van der Waals surface area contributed by atoms with Gasteiger partial charge in [0, 0.05) is 12.2 Å². The molecule has 0 saturated heterocycles. The van der Waals surface area contributed by atoms with Gasteiger partial charge in [0.1, 0.15) is 0 Å². The fourth-order valence-electron chi connectivity index (χ4n) is 2.43. The van der Waals surface area contributed by atoms with Crippen LogP contribution in [0.15, 0.2) is 12.3 Å². The number of aromatic nitrogens is 2. The van der Waals surface area contributed by atoms with E-state index in [1.165, 1.54) is 12.1 Å². The van der Waals surface area contributed by atoms with Gasteiger partial charge >= 0.3 is 0 Å². The highest BCUT2D eigenvalue weighted by atomic mass is 15.3. The molecule has 0 aromatic carbocycles. The van der Waals surface area contributed by atoms with Gasteiger partial charge in [-0.1, -0.05) is 34.6 Å². The zero-order valence-electron chi connectivity index (χ0n) is 13.3. The summed E-state index contributed by atoms with van der Waals surface area (Å²) < 4.78 is 2.15. The summed E-state index contributed by atoms with van der Waals surface area (Å²) >= 11 is 0. The Kier molecular flexibility index (Phi) is 7.14. The largest absolute Gasteiger partial charge is 0.315 e. The molecule has 110 valence electrons. The maximum Gasteiger partial charge on any atom is 0.0627 e. The lowest BCUT2D eigenvalue weighted by molar-refractivity contribution is 0.419. The molecule has 3 heteroatoms. The second-order valence-corrected chi connectivity index (χ2v) is 5.96. The van der Waals surface area contributed by atoms with Crippen molar-refractivity contribution in [1.82, 2.24) is 15.1 Å². The molecule has 0 aliphatic rings. The van der Waals surface area contributed by atoms with Crippen molar-refractivity contribution in [3.8, 4) is 0 Å². The summed E-state index contributed by atoms with van der Waals surface area (Å²) in [7, 11) is 0. The van der Waals surface area contributed by atoms with E-state index in [1.54, 1.807) is 0 Å². The van der Waals surface area contributed by atoms with Gasteiger partial charge in [-0.3, -0.25) is 4.68 Å². The Bertz CT molecular complexity index is 340. The molecule has 1 heterocycles. The first-order valence-electron chi connectivity index (χ1n) is 7.84. The Morgan fingerprint density at radius 2 is 1.89 bits per heavy atom. The summed E-state index contributed by atoms with van der Waals surface area (Å²) in [5.41, 5.74) is 1.24. The SMILES string of the molecule is CCC(CC)n1ccc(CC(C)CCNC(C)C)n1. The van der Waals surface area contributed by atoms with Crippen molar-refractivity contribution in [3.05, 3.63) is 18.0 Å². The van der Waals surface area contributed by atoms with Crippen LogP contribution >= 0.6 is 0 Å². The van der Waals surface area contributed by atoms with E-state index >= 15 is 0 Å². The average Bonchev–Trinajstić information content (AvgIpc) is 2.78. The van der Waals surface area contributed by atoms with Gasteiger partial charge in [-0.15, -0.1) is 0 Å². The molecule has 0 radical (unpaired) electrons. The summed E-state index contributed by atoms with van der Waals surface area (Å²) in [4.78, 5) is 0. The maximum atomic E-state index is 4.73. The Labute approximate surface area is 118 Å². The molecule has 0 aliphatic carbocycles. The lowest BCUT2D eigenvalue weighted by Gasteiger charge is -2.14. The number of nitrogens with zero attached hydrogens (tertiary/aromatic N) is 2. The highest BCUT2D eigenvalue weighted by Gasteiger charge is 2.10. The fourth-order valence-corrected chi connectivity index (χ4v) is 2.43. The molecule has 1 rings (SSSR count). The van der Waals surface area contributed by atoms with E-state index in [0.717, 1.165) is 25.8 Å². The highest BCUT2D eigenvalue weighted by molar-refractivity contribution is 5.00. The highest BCUT2D eigenvalue weighted by Crippen LogP contribution is 2.16. The third kappa shape index (κ3) is 5.77. The second kappa shape index (κ2) is 8.36.